The number of hydrogen-bond acceptors (Lipinski definition) is 3. The molecule has 0 radical (unpaired) electrons. The molecule has 2 aliphatic rings. The summed E-state index contributed by atoms with van der Waals surface area (Å²) in [5, 5.41) is 3.53. The van der Waals surface area contributed by atoms with Crippen LogP contribution in [0.4, 0.5) is 5.69 Å². The molecule has 1 aromatic rings. The van der Waals surface area contributed by atoms with Gasteiger partial charge in [0.25, 0.3) is 0 Å². The first-order valence-electron chi connectivity index (χ1n) is 8.47. The minimum absolute atomic E-state index is 0.867. The molecule has 0 spiro atoms. The van der Waals surface area contributed by atoms with Crippen LogP contribution >= 0.6 is 0 Å². The first-order chi connectivity index (χ1) is 10.2. The third kappa shape index (κ3) is 3.78. The van der Waals surface area contributed by atoms with Crippen LogP contribution in [0.1, 0.15) is 24.0 Å². The summed E-state index contributed by atoms with van der Waals surface area (Å²) in [5.74, 6) is 0.867. The third-order valence-electron chi connectivity index (χ3n) is 4.98. The van der Waals surface area contributed by atoms with Crippen LogP contribution in [-0.4, -0.2) is 50.7 Å². The first kappa shape index (κ1) is 14.9. The van der Waals surface area contributed by atoms with Crippen molar-refractivity contribution in [2.45, 2.75) is 26.7 Å². The summed E-state index contributed by atoms with van der Waals surface area (Å²) in [6, 6.07) is 6.84. The maximum Gasteiger partial charge on any atom is 0.0396 e. The summed E-state index contributed by atoms with van der Waals surface area (Å²) in [6.45, 7) is 12.9. The van der Waals surface area contributed by atoms with Crippen LogP contribution in [-0.2, 0) is 0 Å². The molecule has 21 heavy (non-hydrogen) atoms. The van der Waals surface area contributed by atoms with Gasteiger partial charge in [-0.3, -0.25) is 4.90 Å². The number of nitrogens with one attached hydrogen (secondary N) is 1. The molecule has 2 heterocycles. The van der Waals surface area contributed by atoms with Gasteiger partial charge in [-0.2, -0.15) is 0 Å². The van der Waals surface area contributed by atoms with Crippen LogP contribution < -0.4 is 10.2 Å². The summed E-state index contributed by atoms with van der Waals surface area (Å²) < 4.78 is 0. The molecule has 0 amide bonds. The van der Waals surface area contributed by atoms with E-state index in [1.54, 1.807) is 0 Å². The van der Waals surface area contributed by atoms with E-state index in [-0.39, 0.29) is 0 Å². The van der Waals surface area contributed by atoms with E-state index in [1.807, 2.05) is 0 Å². The first-order valence-corrected chi connectivity index (χ1v) is 8.47. The maximum absolute atomic E-state index is 3.53. The van der Waals surface area contributed by atoms with E-state index in [1.165, 1.54) is 75.5 Å². The molecule has 3 rings (SSSR count). The molecule has 2 fully saturated rings. The van der Waals surface area contributed by atoms with E-state index in [9.17, 15) is 0 Å². The van der Waals surface area contributed by atoms with Gasteiger partial charge in [-0.15, -0.1) is 0 Å². The highest BCUT2D eigenvalue weighted by molar-refractivity contribution is 5.54. The van der Waals surface area contributed by atoms with Crippen molar-refractivity contribution in [3.63, 3.8) is 0 Å². The summed E-state index contributed by atoms with van der Waals surface area (Å²) >= 11 is 0. The monoisotopic (exact) mass is 287 g/mol. The lowest BCUT2D eigenvalue weighted by molar-refractivity contribution is 0.199. The summed E-state index contributed by atoms with van der Waals surface area (Å²) in [6.07, 6.45) is 2.76. The van der Waals surface area contributed by atoms with E-state index in [0.29, 0.717) is 0 Å². The Labute approximate surface area is 129 Å². The molecule has 0 aliphatic carbocycles. The molecule has 2 saturated heterocycles. The Morgan fingerprint density at radius 2 is 1.95 bits per heavy atom. The summed E-state index contributed by atoms with van der Waals surface area (Å²) in [5.41, 5.74) is 4.21. The van der Waals surface area contributed by atoms with Gasteiger partial charge in [0.1, 0.15) is 0 Å². The van der Waals surface area contributed by atoms with Gasteiger partial charge >= 0.3 is 0 Å². The standard InChI is InChI=1S/C18H29N3/c1-15-5-6-18(16(2)12-15)21-10-8-20(9-11-21)14-17-4-3-7-19-13-17/h5-6,12,17,19H,3-4,7-11,13-14H2,1-2H3. The molecule has 116 valence electrons. The Hall–Kier alpha value is -1.06. The highest BCUT2D eigenvalue weighted by atomic mass is 15.3. The SMILES string of the molecule is Cc1ccc(N2CCN(CC3CCCNC3)CC2)c(C)c1. The van der Waals surface area contributed by atoms with E-state index in [4.69, 9.17) is 0 Å². The van der Waals surface area contributed by atoms with Gasteiger partial charge in [0, 0.05) is 38.4 Å². The van der Waals surface area contributed by atoms with Crippen LogP contribution in [0.15, 0.2) is 18.2 Å². The number of piperazine rings is 1. The van der Waals surface area contributed by atoms with Gasteiger partial charge in [-0.1, -0.05) is 17.7 Å². The quantitative estimate of drug-likeness (QED) is 0.921. The molecule has 0 saturated carbocycles. The lowest BCUT2D eigenvalue weighted by Gasteiger charge is -2.39. The van der Waals surface area contributed by atoms with Gasteiger partial charge in [0.2, 0.25) is 0 Å². The fraction of sp³-hybridized carbons (Fsp3) is 0.667. The van der Waals surface area contributed by atoms with Crippen molar-refractivity contribution >= 4 is 5.69 Å². The molecule has 1 atom stereocenters. The number of piperidine rings is 1. The number of aryl methyl sites for hydroxylation is 2. The maximum atomic E-state index is 3.53. The fourth-order valence-corrected chi connectivity index (χ4v) is 3.78. The highest BCUT2D eigenvalue weighted by Gasteiger charge is 2.22. The number of rotatable bonds is 3. The summed E-state index contributed by atoms with van der Waals surface area (Å²) in [7, 11) is 0. The van der Waals surface area contributed by atoms with Crippen molar-refractivity contribution in [1.29, 1.82) is 0 Å². The zero-order valence-corrected chi connectivity index (χ0v) is 13.6. The van der Waals surface area contributed by atoms with Gasteiger partial charge in [-0.05, 0) is 57.3 Å². The third-order valence-corrected chi connectivity index (χ3v) is 4.98. The molecule has 0 bridgehead atoms. The smallest absolute Gasteiger partial charge is 0.0396 e. The Morgan fingerprint density at radius 1 is 1.14 bits per heavy atom. The van der Waals surface area contributed by atoms with Crippen molar-refractivity contribution in [2.75, 3.05) is 50.7 Å². The Kier molecular flexibility index (Phi) is 4.81. The average Bonchev–Trinajstić information content (AvgIpc) is 2.49. The second kappa shape index (κ2) is 6.80. The number of benzene rings is 1. The van der Waals surface area contributed by atoms with Crippen molar-refractivity contribution in [1.82, 2.24) is 10.2 Å². The molecule has 1 aromatic carbocycles. The second-order valence-corrected chi connectivity index (χ2v) is 6.79. The van der Waals surface area contributed by atoms with Crippen LogP contribution in [0.25, 0.3) is 0 Å². The van der Waals surface area contributed by atoms with Crippen molar-refractivity contribution in [2.24, 2.45) is 5.92 Å². The lowest BCUT2D eigenvalue weighted by atomic mass is 9.99. The lowest BCUT2D eigenvalue weighted by Crippen LogP contribution is -2.49. The van der Waals surface area contributed by atoms with Gasteiger partial charge in [0.15, 0.2) is 0 Å². The molecule has 2 aliphatic heterocycles. The Bertz CT molecular complexity index is 458. The molecular weight excluding hydrogens is 258 g/mol. The van der Waals surface area contributed by atoms with E-state index in [2.05, 4.69) is 47.2 Å². The number of hydrogen-bond donors (Lipinski definition) is 1. The summed E-state index contributed by atoms with van der Waals surface area (Å²) in [4.78, 5) is 5.22. The predicted molar refractivity (Wildman–Crippen MR) is 90.2 cm³/mol. The minimum atomic E-state index is 0.867. The van der Waals surface area contributed by atoms with E-state index >= 15 is 0 Å². The Balaban J connectivity index is 1.52. The zero-order chi connectivity index (χ0) is 14.7. The molecule has 1 N–H and O–H groups in total. The highest BCUT2D eigenvalue weighted by Crippen LogP contribution is 2.23. The predicted octanol–water partition coefficient (Wildman–Crippen LogP) is 2.43. The minimum Gasteiger partial charge on any atom is -0.369 e. The normalized spacial score (nSPS) is 24.3. The Morgan fingerprint density at radius 3 is 2.62 bits per heavy atom. The molecule has 3 heteroatoms. The van der Waals surface area contributed by atoms with Crippen LogP contribution in [0.2, 0.25) is 0 Å². The zero-order valence-electron chi connectivity index (χ0n) is 13.6. The van der Waals surface area contributed by atoms with Gasteiger partial charge < -0.3 is 10.2 Å². The van der Waals surface area contributed by atoms with Crippen LogP contribution in [0, 0.1) is 19.8 Å². The van der Waals surface area contributed by atoms with Crippen LogP contribution in [0.3, 0.4) is 0 Å². The largest absolute Gasteiger partial charge is 0.369 e. The second-order valence-electron chi connectivity index (χ2n) is 6.79. The van der Waals surface area contributed by atoms with E-state index < -0.39 is 0 Å². The van der Waals surface area contributed by atoms with Crippen molar-refractivity contribution in [3.8, 4) is 0 Å². The van der Waals surface area contributed by atoms with E-state index in [0.717, 1.165) is 5.92 Å². The van der Waals surface area contributed by atoms with Crippen LogP contribution in [0.5, 0.6) is 0 Å². The fourth-order valence-electron chi connectivity index (χ4n) is 3.78. The average molecular weight is 287 g/mol. The molecule has 0 aromatic heterocycles. The molecular formula is C18H29N3. The number of anilines is 1. The molecule has 3 nitrogen and oxygen atoms in total. The number of nitrogens with zero attached hydrogens (tertiary/aromatic N) is 2. The van der Waals surface area contributed by atoms with Gasteiger partial charge in [0.05, 0.1) is 0 Å². The van der Waals surface area contributed by atoms with Gasteiger partial charge in [-0.25, -0.2) is 0 Å². The topological polar surface area (TPSA) is 18.5 Å². The van der Waals surface area contributed by atoms with Crippen molar-refractivity contribution in [3.05, 3.63) is 29.3 Å². The van der Waals surface area contributed by atoms with Crippen molar-refractivity contribution < 1.29 is 0 Å². The molecule has 1 unspecified atom stereocenters.